The molecule has 3 aromatic carbocycles. The van der Waals surface area contributed by atoms with Crippen molar-refractivity contribution in [3.05, 3.63) is 94.8 Å². The summed E-state index contributed by atoms with van der Waals surface area (Å²) in [4.78, 5) is 7.13. The molecule has 0 aliphatic heterocycles. The summed E-state index contributed by atoms with van der Waals surface area (Å²) >= 11 is 0. The van der Waals surface area contributed by atoms with Gasteiger partial charge in [0.15, 0.2) is 11.5 Å². The van der Waals surface area contributed by atoms with Gasteiger partial charge in [0.2, 0.25) is 0 Å². The van der Waals surface area contributed by atoms with Gasteiger partial charge >= 0.3 is 0 Å². The molecule has 0 radical (unpaired) electrons. The van der Waals surface area contributed by atoms with E-state index in [2.05, 4.69) is 72.3 Å². The number of aromatic nitrogens is 2. The Bertz CT molecular complexity index is 1310. The second kappa shape index (κ2) is 7.55. The highest BCUT2D eigenvalue weighted by Gasteiger charge is 2.27. The van der Waals surface area contributed by atoms with Crippen LogP contribution in [0.5, 0.6) is 11.5 Å². The monoisotopic (exact) mass is 410 g/mol. The predicted octanol–water partition coefficient (Wildman–Crippen LogP) is 6.55. The molecule has 0 amide bonds. The molecule has 31 heavy (non-hydrogen) atoms. The van der Waals surface area contributed by atoms with E-state index in [1.807, 2.05) is 19.1 Å². The summed E-state index contributed by atoms with van der Waals surface area (Å²) in [5, 5.41) is 12.7. The van der Waals surface area contributed by atoms with Crippen molar-refractivity contribution in [2.75, 3.05) is 6.61 Å². The number of hydrogen-bond acceptors (Lipinski definition) is 2. The van der Waals surface area contributed by atoms with Crippen molar-refractivity contribution in [1.82, 2.24) is 9.97 Å². The molecular weight excluding hydrogens is 384 g/mol. The van der Waals surface area contributed by atoms with Gasteiger partial charge in [-0.1, -0.05) is 42.5 Å². The minimum Gasteiger partial charge on any atom is -0.504 e. The normalized spacial score (nSPS) is 11.6. The molecule has 0 saturated carbocycles. The molecule has 0 atom stereocenters. The number of phenols is 1. The molecule has 0 spiro atoms. The molecule has 0 unspecified atom stereocenters. The number of aromatic amines is 2. The maximum atomic E-state index is 10.3. The first-order valence-corrected chi connectivity index (χ1v) is 10.7. The van der Waals surface area contributed by atoms with Crippen LogP contribution in [0.2, 0.25) is 0 Å². The number of benzene rings is 3. The standard InChI is InChI=1S/C27H26N2O2/c1-4-31-24-15-18(13-14-23(24)30)27(25-16(2)28-21-11-7-5-9-19(21)25)26-17(3)29-22-12-8-6-10-20(22)26/h5-15,27-30H,4H2,1-3H3. The van der Waals surface area contributed by atoms with Gasteiger partial charge in [0.25, 0.3) is 0 Å². The van der Waals surface area contributed by atoms with Crippen LogP contribution in [0.3, 0.4) is 0 Å². The van der Waals surface area contributed by atoms with Gasteiger partial charge in [0, 0.05) is 39.1 Å². The Labute approximate surface area is 181 Å². The van der Waals surface area contributed by atoms with Gasteiger partial charge in [-0.05, 0) is 61.7 Å². The summed E-state index contributed by atoms with van der Waals surface area (Å²) < 4.78 is 5.73. The zero-order chi connectivity index (χ0) is 21.5. The van der Waals surface area contributed by atoms with E-state index in [-0.39, 0.29) is 11.7 Å². The van der Waals surface area contributed by atoms with E-state index >= 15 is 0 Å². The highest BCUT2D eigenvalue weighted by atomic mass is 16.5. The van der Waals surface area contributed by atoms with E-state index in [1.165, 1.54) is 21.9 Å². The molecule has 5 rings (SSSR count). The highest BCUT2D eigenvalue weighted by molar-refractivity contribution is 5.90. The van der Waals surface area contributed by atoms with Crippen LogP contribution in [-0.4, -0.2) is 21.7 Å². The quantitative estimate of drug-likeness (QED) is 0.308. The SMILES string of the molecule is CCOc1cc(C(c2c(C)[nH]c3ccccc23)c2c(C)[nH]c3ccccc23)ccc1O. The smallest absolute Gasteiger partial charge is 0.161 e. The van der Waals surface area contributed by atoms with E-state index in [1.54, 1.807) is 6.07 Å². The summed E-state index contributed by atoms with van der Waals surface area (Å²) in [6, 6.07) is 22.6. The minimum atomic E-state index is -0.0212. The third-order valence-electron chi connectivity index (χ3n) is 6.08. The largest absolute Gasteiger partial charge is 0.504 e. The van der Waals surface area contributed by atoms with Crippen molar-refractivity contribution in [2.24, 2.45) is 0 Å². The lowest BCUT2D eigenvalue weighted by Crippen LogP contribution is -2.06. The van der Waals surface area contributed by atoms with E-state index in [4.69, 9.17) is 4.74 Å². The third kappa shape index (κ3) is 3.15. The number of phenolic OH excluding ortho intramolecular Hbond substituents is 1. The number of fused-ring (bicyclic) bond motifs is 2. The fourth-order valence-electron chi connectivity index (χ4n) is 4.80. The predicted molar refractivity (Wildman–Crippen MR) is 126 cm³/mol. The average molecular weight is 411 g/mol. The summed E-state index contributed by atoms with van der Waals surface area (Å²) in [6.45, 7) is 6.70. The maximum absolute atomic E-state index is 10.3. The Balaban J connectivity index is 1.85. The average Bonchev–Trinajstić information content (AvgIpc) is 3.27. The van der Waals surface area contributed by atoms with Crippen LogP contribution in [0.15, 0.2) is 66.7 Å². The van der Waals surface area contributed by atoms with Gasteiger partial charge in [0.05, 0.1) is 6.61 Å². The molecule has 0 bridgehead atoms. The Morgan fingerprint density at radius 1 is 0.806 bits per heavy atom. The van der Waals surface area contributed by atoms with Crippen LogP contribution >= 0.6 is 0 Å². The lowest BCUT2D eigenvalue weighted by Gasteiger charge is -2.21. The Morgan fingerprint density at radius 2 is 1.35 bits per heavy atom. The van der Waals surface area contributed by atoms with Crippen LogP contribution in [0.1, 0.15) is 40.9 Å². The Hall–Kier alpha value is -3.66. The van der Waals surface area contributed by atoms with E-state index in [0.29, 0.717) is 12.4 Å². The minimum absolute atomic E-state index is 0.0212. The van der Waals surface area contributed by atoms with Crippen molar-refractivity contribution in [1.29, 1.82) is 0 Å². The number of para-hydroxylation sites is 2. The number of H-pyrrole nitrogens is 2. The van der Waals surface area contributed by atoms with E-state index in [0.717, 1.165) is 28.0 Å². The number of aryl methyl sites for hydroxylation is 2. The van der Waals surface area contributed by atoms with Crippen LogP contribution in [0.25, 0.3) is 21.8 Å². The number of ether oxygens (including phenoxy) is 1. The fraction of sp³-hybridized carbons (Fsp3) is 0.185. The molecule has 0 saturated heterocycles. The number of rotatable bonds is 5. The van der Waals surface area contributed by atoms with Crippen molar-refractivity contribution in [2.45, 2.75) is 26.7 Å². The van der Waals surface area contributed by atoms with Gasteiger partial charge < -0.3 is 19.8 Å². The van der Waals surface area contributed by atoms with Gasteiger partial charge in [0.1, 0.15) is 0 Å². The lowest BCUT2D eigenvalue weighted by atomic mass is 9.82. The van der Waals surface area contributed by atoms with Gasteiger partial charge in [-0.25, -0.2) is 0 Å². The Kier molecular flexibility index (Phi) is 4.70. The number of nitrogens with one attached hydrogen (secondary N) is 2. The molecule has 4 nitrogen and oxygen atoms in total. The van der Waals surface area contributed by atoms with Crippen molar-refractivity contribution >= 4 is 21.8 Å². The lowest BCUT2D eigenvalue weighted by molar-refractivity contribution is 0.317. The van der Waals surface area contributed by atoms with Crippen LogP contribution in [-0.2, 0) is 0 Å². The van der Waals surface area contributed by atoms with Crippen LogP contribution in [0.4, 0.5) is 0 Å². The number of hydrogen-bond donors (Lipinski definition) is 3. The van der Waals surface area contributed by atoms with Crippen LogP contribution in [0, 0.1) is 13.8 Å². The number of aromatic hydroxyl groups is 1. The molecule has 5 aromatic rings. The zero-order valence-electron chi connectivity index (χ0n) is 18.0. The summed E-state index contributed by atoms with van der Waals surface area (Å²) in [5.41, 5.74) is 8.11. The first-order chi connectivity index (χ1) is 15.1. The van der Waals surface area contributed by atoms with Gasteiger partial charge in [-0.2, -0.15) is 0 Å². The fourth-order valence-corrected chi connectivity index (χ4v) is 4.80. The molecule has 2 heterocycles. The topological polar surface area (TPSA) is 61.0 Å². The molecule has 2 aromatic heterocycles. The molecule has 0 fully saturated rings. The second-order valence-corrected chi connectivity index (χ2v) is 8.01. The van der Waals surface area contributed by atoms with Crippen molar-refractivity contribution in [3.63, 3.8) is 0 Å². The summed E-state index contributed by atoms with van der Waals surface area (Å²) in [7, 11) is 0. The van der Waals surface area contributed by atoms with Crippen molar-refractivity contribution < 1.29 is 9.84 Å². The van der Waals surface area contributed by atoms with Crippen molar-refractivity contribution in [3.8, 4) is 11.5 Å². The van der Waals surface area contributed by atoms with Gasteiger partial charge in [-0.15, -0.1) is 0 Å². The molecule has 0 aliphatic carbocycles. The van der Waals surface area contributed by atoms with E-state index < -0.39 is 0 Å². The maximum Gasteiger partial charge on any atom is 0.161 e. The first kappa shape index (κ1) is 19.3. The first-order valence-electron chi connectivity index (χ1n) is 10.7. The molecule has 3 N–H and O–H groups in total. The Morgan fingerprint density at radius 3 is 1.90 bits per heavy atom. The van der Waals surface area contributed by atoms with E-state index in [9.17, 15) is 5.11 Å². The molecule has 0 aliphatic rings. The molecule has 4 heteroatoms. The molecular formula is C27H26N2O2. The highest BCUT2D eigenvalue weighted by Crippen LogP contribution is 2.44. The second-order valence-electron chi connectivity index (χ2n) is 8.01. The summed E-state index contributed by atoms with van der Waals surface area (Å²) in [6.07, 6.45) is 0. The molecule has 156 valence electrons. The summed E-state index contributed by atoms with van der Waals surface area (Å²) in [5.74, 6) is 0.655. The third-order valence-corrected chi connectivity index (χ3v) is 6.08. The van der Waals surface area contributed by atoms with Gasteiger partial charge in [-0.3, -0.25) is 0 Å². The van der Waals surface area contributed by atoms with Crippen LogP contribution < -0.4 is 4.74 Å². The zero-order valence-corrected chi connectivity index (χ0v) is 18.0.